The highest BCUT2D eigenvalue weighted by atomic mass is 32.2. The van der Waals surface area contributed by atoms with E-state index in [0.29, 0.717) is 5.69 Å². The minimum absolute atomic E-state index is 0.0409. The Bertz CT molecular complexity index is 922. The van der Waals surface area contributed by atoms with Gasteiger partial charge in [-0.1, -0.05) is 12.1 Å². The molecule has 0 aromatic heterocycles. The summed E-state index contributed by atoms with van der Waals surface area (Å²) in [5, 5.41) is 5.85. The molecule has 2 aromatic rings. The van der Waals surface area contributed by atoms with Crippen LogP contribution in [0, 0.1) is 20.8 Å². The normalized spacial score (nSPS) is 11.5. The van der Waals surface area contributed by atoms with Crippen LogP contribution in [-0.2, 0) is 14.8 Å². The summed E-state index contributed by atoms with van der Waals surface area (Å²) in [5.41, 5.74) is 4.48. The summed E-state index contributed by atoms with van der Waals surface area (Å²) in [7, 11) is -0.549. The Morgan fingerprint density at radius 1 is 0.962 bits per heavy atom. The zero-order valence-electron chi connectivity index (χ0n) is 15.8. The van der Waals surface area contributed by atoms with Crippen LogP contribution in [0.15, 0.2) is 41.3 Å². The molecule has 0 unspecified atom stereocenters. The Labute approximate surface area is 155 Å². The first-order valence-electron chi connectivity index (χ1n) is 8.25. The van der Waals surface area contributed by atoms with Crippen molar-refractivity contribution in [3.05, 3.63) is 53.1 Å². The van der Waals surface area contributed by atoms with Gasteiger partial charge in [-0.3, -0.25) is 4.79 Å². The lowest BCUT2D eigenvalue weighted by molar-refractivity contribution is -0.114. The van der Waals surface area contributed by atoms with Gasteiger partial charge in [0.1, 0.15) is 0 Å². The van der Waals surface area contributed by atoms with Crippen molar-refractivity contribution in [1.29, 1.82) is 0 Å². The Hall–Kier alpha value is -2.38. The fraction of sp³-hybridized carbons (Fsp3) is 0.316. The molecule has 0 spiro atoms. The molecule has 0 aliphatic carbocycles. The maximum atomic E-state index is 12.3. The Kier molecular flexibility index (Phi) is 6.05. The van der Waals surface area contributed by atoms with E-state index >= 15 is 0 Å². The van der Waals surface area contributed by atoms with Crippen LogP contribution in [0.3, 0.4) is 0 Å². The van der Waals surface area contributed by atoms with Gasteiger partial charge in [0.25, 0.3) is 0 Å². The number of nitrogens with zero attached hydrogens (tertiary/aromatic N) is 1. The van der Waals surface area contributed by atoms with Gasteiger partial charge in [-0.25, -0.2) is 12.7 Å². The minimum atomic E-state index is -3.52. The molecule has 0 fully saturated rings. The number of carbonyl (C=O) groups is 1. The summed E-state index contributed by atoms with van der Waals surface area (Å²) >= 11 is 0. The van der Waals surface area contributed by atoms with Gasteiger partial charge >= 0.3 is 0 Å². The molecule has 1 amide bonds. The summed E-state index contributed by atoms with van der Waals surface area (Å²) in [6, 6.07) is 10.6. The van der Waals surface area contributed by atoms with Crippen molar-refractivity contribution in [3.8, 4) is 0 Å². The molecule has 0 saturated heterocycles. The first-order chi connectivity index (χ1) is 12.1. The second kappa shape index (κ2) is 7.88. The number of anilines is 2. The monoisotopic (exact) mass is 375 g/mol. The lowest BCUT2D eigenvalue weighted by Gasteiger charge is -2.15. The predicted molar refractivity (Wildman–Crippen MR) is 105 cm³/mol. The molecule has 26 heavy (non-hydrogen) atoms. The number of rotatable bonds is 6. The lowest BCUT2D eigenvalue weighted by atomic mass is 10.1. The van der Waals surface area contributed by atoms with Crippen LogP contribution < -0.4 is 10.6 Å². The number of carbonyl (C=O) groups excluding carboxylic acids is 1. The third kappa shape index (κ3) is 4.62. The van der Waals surface area contributed by atoms with E-state index in [1.807, 2.05) is 39.0 Å². The van der Waals surface area contributed by atoms with Gasteiger partial charge in [0.15, 0.2) is 0 Å². The molecule has 0 saturated carbocycles. The Balaban J connectivity index is 2.09. The zero-order valence-corrected chi connectivity index (χ0v) is 16.6. The zero-order chi connectivity index (χ0) is 19.5. The summed E-state index contributed by atoms with van der Waals surface area (Å²) in [5.74, 6) is -0.200. The molecule has 2 N–H and O–H groups in total. The summed E-state index contributed by atoms with van der Waals surface area (Å²) < 4.78 is 25.7. The molecule has 2 aromatic carbocycles. The van der Waals surface area contributed by atoms with Crippen LogP contribution in [-0.4, -0.2) is 39.3 Å². The number of nitrogens with one attached hydrogen (secondary N) is 2. The van der Waals surface area contributed by atoms with Crippen molar-refractivity contribution in [2.75, 3.05) is 31.3 Å². The quantitative estimate of drug-likeness (QED) is 0.814. The smallest absolute Gasteiger partial charge is 0.243 e. The van der Waals surface area contributed by atoms with Crippen molar-refractivity contribution in [3.63, 3.8) is 0 Å². The molecule has 140 valence electrons. The molecule has 0 atom stereocenters. The van der Waals surface area contributed by atoms with Crippen LogP contribution in [0.5, 0.6) is 0 Å². The molecule has 0 bridgehead atoms. The van der Waals surface area contributed by atoms with Gasteiger partial charge < -0.3 is 10.6 Å². The first-order valence-corrected chi connectivity index (χ1v) is 9.69. The van der Waals surface area contributed by atoms with Gasteiger partial charge in [0.2, 0.25) is 15.9 Å². The number of hydrogen-bond acceptors (Lipinski definition) is 4. The van der Waals surface area contributed by atoms with Gasteiger partial charge in [-0.2, -0.15) is 0 Å². The van der Waals surface area contributed by atoms with Crippen molar-refractivity contribution in [2.24, 2.45) is 0 Å². The average molecular weight is 375 g/mol. The van der Waals surface area contributed by atoms with Crippen molar-refractivity contribution in [2.45, 2.75) is 25.7 Å². The van der Waals surface area contributed by atoms with E-state index in [1.54, 1.807) is 18.2 Å². The number of amides is 1. The van der Waals surface area contributed by atoms with E-state index in [4.69, 9.17) is 0 Å². The highest BCUT2D eigenvalue weighted by Gasteiger charge is 2.18. The molecule has 0 heterocycles. The van der Waals surface area contributed by atoms with E-state index in [-0.39, 0.29) is 17.3 Å². The van der Waals surface area contributed by atoms with Crippen LogP contribution in [0.25, 0.3) is 0 Å². The number of benzene rings is 2. The van der Waals surface area contributed by atoms with Gasteiger partial charge in [-0.15, -0.1) is 0 Å². The maximum absolute atomic E-state index is 12.3. The lowest BCUT2D eigenvalue weighted by Crippen LogP contribution is -2.24. The van der Waals surface area contributed by atoms with Crippen LogP contribution >= 0.6 is 0 Å². The first kappa shape index (κ1) is 19.9. The molecular formula is C19H25N3O3S. The molecule has 0 aliphatic rings. The predicted octanol–water partition coefficient (Wildman–Crippen LogP) is 2.91. The SMILES string of the molecule is Cc1ccc(NC(=O)CNc2cc(S(=O)(=O)N(C)C)ccc2C)cc1C. The van der Waals surface area contributed by atoms with Gasteiger partial charge in [0.05, 0.1) is 11.4 Å². The summed E-state index contributed by atoms with van der Waals surface area (Å²) in [6.45, 7) is 5.90. The molecule has 0 radical (unpaired) electrons. The number of hydrogen-bond donors (Lipinski definition) is 2. The third-order valence-corrected chi connectivity index (χ3v) is 6.03. The second-order valence-corrected chi connectivity index (χ2v) is 8.62. The van der Waals surface area contributed by atoms with Crippen LogP contribution in [0.1, 0.15) is 16.7 Å². The van der Waals surface area contributed by atoms with Crippen LogP contribution in [0.4, 0.5) is 11.4 Å². The Morgan fingerprint density at radius 2 is 1.62 bits per heavy atom. The topological polar surface area (TPSA) is 78.5 Å². The fourth-order valence-electron chi connectivity index (χ4n) is 2.36. The highest BCUT2D eigenvalue weighted by molar-refractivity contribution is 7.89. The second-order valence-electron chi connectivity index (χ2n) is 6.46. The van der Waals surface area contributed by atoms with Crippen molar-refractivity contribution >= 4 is 27.3 Å². The fourth-order valence-corrected chi connectivity index (χ4v) is 3.29. The van der Waals surface area contributed by atoms with Crippen molar-refractivity contribution < 1.29 is 13.2 Å². The largest absolute Gasteiger partial charge is 0.376 e. The van der Waals surface area contributed by atoms with E-state index in [1.165, 1.54) is 14.1 Å². The highest BCUT2D eigenvalue weighted by Crippen LogP contribution is 2.22. The van der Waals surface area contributed by atoms with E-state index < -0.39 is 10.0 Å². The standard InChI is InChI=1S/C19H25N3O3S/c1-13-6-8-16(10-15(13)3)21-19(23)12-20-18-11-17(9-7-14(18)2)26(24,25)22(4)5/h6-11,20H,12H2,1-5H3,(H,21,23). The summed E-state index contributed by atoms with van der Waals surface area (Å²) in [4.78, 5) is 12.4. The maximum Gasteiger partial charge on any atom is 0.243 e. The van der Waals surface area contributed by atoms with E-state index in [0.717, 1.165) is 26.7 Å². The molecule has 0 aliphatic heterocycles. The average Bonchev–Trinajstić information content (AvgIpc) is 2.57. The van der Waals surface area contributed by atoms with Crippen LogP contribution in [0.2, 0.25) is 0 Å². The number of aryl methyl sites for hydroxylation is 3. The number of sulfonamides is 1. The van der Waals surface area contributed by atoms with Gasteiger partial charge in [0, 0.05) is 25.5 Å². The molecule has 2 rings (SSSR count). The van der Waals surface area contributed by atoms with E-state index in [9.17, 15) is 13.2 Å². The van der Waals surface area contributed by atoms with Crippen molar-refractivity contribution in [1.82, 2.24) is 4.31 Å². The third-order valence-electron chi connectivity index (χ3n) is 4.22. The Morgan fingerprint density at radius 3 is 2.23 bits per heavy atom. The molecular weight excluding hydrogens is 350 g/mol. The minimum Gasteiger partial charge on any atom is -0.376 e. The summed E-state index contributed by atoms with van der Waals surface area (Å²) in [6.07, 6.45) is 0. The molecule has 6 nitrogen and oxygen atoms in total. The van der Waals surface area contributed by atoms with E-state index in [2.05, 4.69) is 10.6 Å². The van der Waals surface area contributed by atoms with Gasteiger partial charge in [-0.05, 0) is 61.7 Å². The molecule has 7 heteroatoms.